The second-order valence-corrected chi connectivity index (χ2v) is 8.43. The van der Waals surface area contributed by atoms with Gasteiger partial charge in [0.15, 0.2) is 17.6 Å². The van der Waals surface area contributed by atoms with Crippen molar-refractivity contribution >= 4 is 32.6 Å². The fourth-order valence-corrected chi connectivity index (χ4v) is 4.52. The molecular formula is C23H25F2N3O4S. The van der Waals surface area contributed by atoms with E-state index in [0.29, 0.717) is 54.2 Å². The Bertz CT molecular complexity index is 1090. The zero-order valence-electron chi connectivity index (χ0n) is 18.3. The summed E-state index contributed by atoms with van der Waals surface area (Å²) >= 11 is 1.08. The Kier molecular flexibility index (Phi) is 7.69. The predicted octanol–water partition coefficient (Wildman–Crippen LogP) is 3.72. The molecule has 176 valence electrons. The molecular weight excluding hydrogens is 452 g/mol. The van der Waals surface area contributed by atoms with Gasteiger partial charge in [-0.05, 0) is 37.3 Å². The lowest BCUT2D eigenvalue weighted by Crippen LogP contribution is -2.44. The van der Waals surface area contributed by atoms with Crippen molar-refractivity contribution in [2.24, 2.45) is 0 Å². The molecule has 1 aliphatic heterocycles. The molecule has 0 saturated carbocycles. The number of ether oxygens (including phenoxy) is 3. The molecule has 2 aromatic carbocycles. The number of amides is 1. The minimum absolute atomic E-state index is 0.0491. The molecule has 0 unspecified atom stereocenters. The lowest BCUT2D eigenvalue weighted by atomic mass is 10.3. The van der Waals surface area contributed by atoms with Crippen molar-refractivity contribution in [2.75, 3.05) is 57.5 Å². The number of thiazole rings is 1. The van der Waals surface area contributed by atoms with Crippen molar-refractivity contribution < 1.29 is 27.8 Å². The SMILES string of the molecule is CCOc1ccc(OCC(=O)N(CCN2CCOCC2)c2nc3c(F)cc(F)cc3s2)cc1. The first-order valence-electron chi connectivity index (χ1n) is 10.7. The number of carbonyl (C=O) groups is 1. The average molecular weight is 478 g/mol. The van der Waals surface area contributed by atoms with Crippen molar-refractivity contribution in [3.05, 3.63) is 48.0 Å². The second-order valence-electron chi connectivity index (χ2n) is 7.42. The molecule has 1 amide bonds. The van der Waals surface area contributed by atoms with Crippen LogP contribution in [0.2, 0.25) is 0 Å². The molecule has 1 fully saturated rings. The lowest BCUT2D eigenvalue weighted by Gasteiger charge is -2.29. The van der Waals surface area contributed by atoms with E-state index in [1.807, 2.05) is 6.92 Å². The molecule has 3 aromatic rings. The smallest absolute Gasteiger partial charge is 0.266 e. The molecule has 0 aliphatic carbocycles. The standard InChI is InChI=1S/C23H25F2N3O4S/c1-2-31-17-3-5-18(6-4-17)32-15-21(29)28(8-7-27-9-11-30-12-10-27)23-26-22-19(25)13-16(24)14-20(22)33-23/h3-6,13-14H,2,7-12,15H2,1H3. The quantitative estimate of drug-likeness (QED) is 0.468. The molecule has 2 heterocycles. The van der Waals surface area contributed by atoms with Crippen LogP contribution in [0.15, 0.2) is 36.4 Å². The summed E-state index contributed by atoms with van der Waals surface area (Å²) in [4.78, 5) is 21.1. The topological polar surface area (TPSA) is 64.1 Å². The molecule has 33 heavy (non-hydrogen) atoms. The minimum atomic E-state index is -0.751. The molecule has 1 aliphatic rings. The summed E-state index contributed by atoms with van der Waals surface area (Å²) in [7, 11) is 0. The monoisotopic (exact) mass is 477 g/mol. The number of benzene rings is 2. The third kappa shape index (κ3) is 5.95. The fourth-order valence-electron chi connectivity index (χ4n) is 3.48. The van der Waals surface area contributed by atoms with E-state index in [1.54, 1.807) is 24.3 Å². The summed E-state index contributed by atoms with van der Waals surface area (Å²) in [6.07, 6.45) is 0. The first-order chi connectivity index (χ1) is 16.0. The Balaban J connectivity index is 1.50. The van der Waals surface area contributed by atoms with E-state index in [-0.39, 0.29) is 18.0 Å². The number of halogens is 2. The van der Waals surface area contributed by atoms with E-state index in [2.05, 4.69) is 9.88 Å². The van der Waals surface area contributed by atoms with Crippen molar-refractivity contribution in [1.29, 1.82) is 0 Å². The Morgan fingerprint density at radius 3 is 2.55 bits per heavy atom. The molecule has 0 N–H and O–H groups in total. The van der Waals surface area contributed by atoms with Crippen LogP contribution in [0.5, 0.6) is 11.5 Å². The van der Waals surface area contributed by atoms with Gasteiger partial charge in [-0.15, -0.1) is 0 Å². The number of fused-ring (bicyclic) bond motifs is 1. The first-order valence-corrected chi connectivity index (χ1v) is 11.6. The van der Waals surface area contributed by atoms with Gasteiger partial charge < -0.3 is 14.2 Å². The molecule has 10 heteroatoms. The van der Waals surface area contributed by atoms with E-state index in [1.165, 1.54) is 11.0 Å². The Labute approximate surface area is 194 Å². The number of morpholine rings is 1. The van der Waals surface area contributed by atoms with Crippen molar-refractivity contribution in [3.8, 4) is 11.5 Å². The number of hydrogen-bond acceptors (Lipinski definition) is 7. The number of aromatic nitrogens is 1. The number of nitrogens with zero attached hydrogens (tertiary/aromatic N) is 3. The molecule has 0 spiro atoms. The molecule has 7 nitrogen and oxygen atoms in total. The van der Waals surface area contributed by atoms with E-state index in [4.69, 9.17) is 14.2 Å². The van der Waals surface area contributed by atoms with Crippen LogP contribution >= 0.6 is 11.3 Å². The van der Waals surface area contributed by atoms with Gasteiger partial charge in [0.25, 0.3) is 5.91 Å². The molecule has 0 radical (unpaired) electrons. The fraction of sp³-hybridized carbons (Fsp3) is 0.391. The highest BCUT2D eigenvalue weighted by atomic mass is 32.1. The van der Waals surface area contributed by atoms with Crippen molar-refractivity contribution in [3.63, 3.8) is 0 Å². The Morgan fingerprint density at radius 2 is 1.85 bits per heavy atom. The van der Waals surface area contributed by atoms with Crippen LogP contribution in [0.3, 0.4) is 0 Å². The van der Waals surface area contributed by atoms with Crippen LogP contribution < -0.4 is 14.4 Å². The molecule has 1 saturated heterocycles. The summed E-state index contributed by atoms with van der Waals surface area (Å²) in [5, 5.41) is 0.308. The van der Waals surface area contributed by atoms with Gasteiger partial charge in [-0.1, -0.05) is 11.3 Å². The van der Waals surface area contributed by atoms with Gasteiger partial charge in [0, 0.05) is 32.2 Å². The van der Waals surface area contributed by atoms with Gasteiger partial charge in [-0.25, -0.2) is 13.8 Å². The van der Waals surface area contributed by atoms with Gasteiger partial charge in [0.2, 0.25) is 0 Å². The van der Waals surface area contributed by atoms with Crippen LogP contribution in [-0.2, 0) is 9.53 Å². The highest BCUT2D eigenvalue weighted by Gasteiger charge is 2.23. The van der Waals surface area contributed by atoms with Crippen LogP contribution in [0.25, 0.3) is 10.2 Å². The van der Waals surface area contributed by atoms with E-state index >= 15 is 0 Å². The Morgan fingerprint density at radius 1 is 1.15 bits per heavy atom. The van der Waals surface area contributed by atoms with E-state index < -0.39 is 11.6 Å². The van der Waals surface area contributed by atoms with E-state index in [0.717, 1.165) is 30.5 Å². The highest BCUT2D eigenvalue weighted by molar-refractivity contribution is 7.22. The van der Waals surface area contributed by atoms with Gasteiger partial charge in [-0.2, -0.15) is 0 Å². The maximum atomic E-state index is 14.2. The van der Waals surface area contributed by atoms with Gasteiger partial charge in [-0.3, -0.25) is 14.6 Å². The average Bonchev–Trinajstić information content (AvgIpc) is 3.23. The first kappa shape index (κ1) is 23.3. The van der Waals surface area contributed by atoms with Crippen molar-refractivity contribution in [2.45, 2.75) is 6.92 Å². The normalized spacial score (nSPS) is 14.4. The maximum absolute atomic E-state index is 14.2. The van der Waals surface area contributed by atoms with Crippen LogP contribution in [0.4, 0.5) is 13.9 Å². The molecule has 0 atom stereocenters. The lowest BCUT2D eigenvalue weighted by molar-refractivity contribution is -0.120. The Hall–Kier alpha value is -2.82. The van der Waals surface area contributed by atoms with Crippen LogP contribution in [-0.4, -0.2) is 68.4 Å². The number of hydrogen-bond donors (Lipinski definition) is 0. The third-order valence-corrected chi connectivity index (χ3v) is 6.20. The van der Waals surface area contributed by atoms with Crippen LogP contribution in [0.1, 0.15) is 6.92 Å². The summed E-state index contributed by atoms with van der Waals surface area (Å²) in [6.45, 7) is 6.00. The predicted molar refractivity (Wildman–Crippen MR) is 122 cm³/mol. The second kappa shape index (κ2) is 10.9. The summed E-state index contributed by atoms with van der Waals surface area (Å²) in [6, 6.07) is 9.01. The molecule has 1 aromatic heterocycles. The summed E-state index contributed by atoms with van der Waals surface area (Å²) in [5.74, 6) is -0.514. The van der Waals surface area contributed by atoms with Gasteiger partial charge in [0.1, 0.15) is 22.8 Å². The molecule has 4 rings (SSSR count). The number of anilines is 1. The third-order valence-electron chi connectivity index (χ3n) is 5.17. The molecule has 0 bridgehead atoms. The zero-order valence-corrected chi connectivity index (χ0v) is 19.1. The summed E-state index contributed by atoms with van der Waals surface area (Å²) in [5.41, 5.74) is 0.0491. The number of carbonyl (C=O) groups excluding carboxylic acids is 1. The highest BCUT2D eigenvalue weighted by Crippen LogP contribution is 2.31. The maximum Gasteiger partial charge on any atom is 0.266 e. The zero-order chi connectivity index (χ0) is 23.2. The van der Waals surface area contributed by atoms with Crippen molar-refractivity contribution in [1.82, 2.24) is 9.88 Å². The van der Waals surface area contributed by atoms with Crippen LogP contribution in [0, 0.1) is 11.6 Å². The van der Waals surface area contributed by atoms with Gasteiger partial charge in [0.05, 0.1) is 24.5 Å². The van der Waals surface area contributed by atoms with E-state index in [9.17, 15) is 13.6 Å². The van der Waals surface area contributed by atoms with Gasteiger partial charge >= 0.3 is 0 Å². The number of rotatable bonds is 9. The largest absolute Gasteiger partial charge is 0.494 e. The minimum Gasteiger partial charge on any atom is -0.494 e. The summed E-state index contributed by atoms with van der Waals surface area (Å²) < 4.78 is 44.7.